The Kier molecular flexibility index (Phi) is 10.7. The van der Waals surface area contributed by atoms with Gasteiger partial charge in [0.15, 0.2) is 0 Å². The molecule has 3 N–H and O–H groups in total. The lowest BCUT2D eigenvalue weighted by atomic mass is 10.1. The molecule has 2 amide bonds. The monoisotopic (exact) mass is 678 g/mol. The number of hydrogen-bond acceptors (Lipinski definition) is 6. The molecule has 1 unspecified atom stereocenters. The lowest BCUT2D eigenvalue weighted by Gasteiger charge is -2.19. The Balaban J connectivity index is 1.64. The second-order valence-corrected chi connectivity index (χ2v) is 11.4. The highest BCUT2D eigenvalue weighted by molar-refractivity contribution is 8.00. The highest BCUT2D eigenvalue weighted by Gasteiger charge is 2.29. The molecule has 0 aliphatic rings. The normalized spacial score (nSPS) is 11.4. The molecule has 43 heavy (non-hydrogen) atoms. The van der Waals surface area contributed by atoms with Crippen molar-refractivity contribution in [2.45, 2.75) is 10.1 Å². The summed E-state index contributed by atoms with van der Waals surface area (Å²) in [6, 6.07) is 20.9. The summed E-state index contributed by atoms with van der Waals surface area (Å²) in [6.07, 6.45) is 0. The van der Waals surface area contributed by atoms with E-state index in [2.05, 4.69) is 10.6 Å². The smallest absolute Gasteiger partial charge is 0.338 e. The summed E-state index contributed by atoms with van der Waals surface area (Å²) in [4.78, 5) is 39.4. The Bertz CT molecular complexity index is 1700. The summed E-state index contributed by atoms with van der Waals surface area (Å²) in [6.45, 7) is 0. The van der Waals surface area contributed by atoms with E-state index >= 15 is 0 Å². The molecule has 13 heteroatoms. The Hall–Kier alpha value is -3.60. The molecule has 0 saturated carbocycles. The first-order chi connectivity index (χ1) is 20.5. The van der Waals surface area contributed by atoms with Gasteiger partial charge in [0.1, 0.15) is 16.7 Å². The second-order valence-electron chi connectivity index (χ2n) is 8.76. The predicted molar refractivity (Wildman–Crippen MR) is 171 cm³/mol. The van der Waals surface area contributed by atoms with E-state index in [0.717, 1.165) is 5.56 Å². The minimum Gasteiger partial charge on any atom is -0.497 e. The fourth-order valence-corrected chi connectivity index (χ4v) is 6.14. The number of benzene rings is 4. The van der Waals surface area contributed by atoms with Crippen molar-refractivity contribution in [3.05, 3.63) is 110 Å². The Morgan fingerprint density at radius 1 is 0.767 bits per heavy atom. The molecule has 0 radical (unpaired) electrons. The number of carboxylic acid groups (broad SMARTS) is 1. The van der Waals surface area contributed by atoms with Crippen LogP contribution in [-0.2, 0) is 4.79 Å². The van der Waals surface area contributed by atoms with Crippen LogP contribution in [0, 0.1) is 0 Å². The lowest BCUT2D eigenvalue weighted by molar-refractivity contribution is -0.115. The first-order valence-corrected chi connectivity index (χ1v) is 14.7. The average molecular weight is 680 g/mol. The summed E-state index contributed by atoms with van der Waals surface area (Å²) < 4.78 is 10.7. The van der Waals surface area contributed by atoms with E-state index in [1.165, 1.54) is 26.0 Å². The van der Waals surface area contributed by atoms with Crippen LogP contribution in [0.4, 0.5) is 11.4 Å². The van der Waals surface area contributed by atoms with E-state index in [1.54, 1.807) is 42.5 Å². The molecule has 0 spiro atoms. The summed E-state index contributed by atoms with van der Waals surface area (Å²) in [5, 5.41) is 13.2. The maximum absolute atomic E-state index is 13.7. The van der Waals surface area contributed by atoms with E-state index < -0.39 is 33.3 Å². The molecule has 4 aromatic rings. The number of amides is 2. The van der Waals surface area contributed by atoms with Crippen LogP contribution in [0.1, 0.15) is 31.5 Å². The van der Waals surface area contributed by atoms with Crippen molar-refractivity contribution < 1.29 is 29.0 Å². The van der Waals surface area contributed by atoms with Crippen molar-refractivity contribution in [2.75, 3.05) is 24.9 Å². The largest absolute Gasteiger partial charge is 0.497 e. The third kappa shape index (κ3) is 7.31. The highest BCUT2D eigenvalue weighted by atomic mass is 35.5. The van der Waals surface area contributed by atoms with Crippen molar-refractivity contribution in [1.29, 1.82) is 0 Å². The zero-order valence-electron chi connectivity index (χ0n) is 22.4. The van der Waals surface area contributed by atoms with E-state index in [4.69, 9.17) is 55.9 Å². The van der Waals surface area contributed by atoms with E-state index in [1.807, 2.05) is 30.3 Å². The number of carbonyl (C=O) groups excluding carboxylic acids is 2. The summed E-state index contributed by atoms with van der Waals surface area (Å²) >= 11 is 25.7. The molecule has 222 valence electrons. The summed E-state index contributed by atoms with van der Waals surface area (Å²) in [7, 11) is 3.02. The predicted octanol–water partition coefficient (Wildman–Crippen LogP) is 8.74. The summed E-state index contributed by atoms with van der Waals surface area (Å²) in [5.74, 6) is -1.72. The van der Waals surface area contributed by atoms with Gasteiger partial charge in [0, 0.05) is 16.6 Å². The minimum atomic E-state index is -1.51. The molecule has 0 aliphatic carbocycles. The van der Waals surface area contributed by atoms with E-state index in [0.29, 0.717) is 27.8 Å². The van der Waals surface area contributed by atoms with E-state index in [-0.39, 0.29) is 21.0 Å². The van der Waals surface area contributed by atoms with Crippen LogP contribution in [0.5, 0.6) is 11.5 Å². The van der Waals surface area contributed by atoms with Crippen molar-refractivity contribution in [1.82, 2.24) is 0 Å². The first-order valence-electron chi connectivity index (χ1n) is 12.3. The number of ether oxygens (including phenoxy) is 2. The van der Waals surface area contributed by atoms with Crippen LogP contribution in [-0.4, -0.2) is 37.1 Å². The molecule has 0 saturated heterocycles. The van der Waals surface area contributed by atoms with Crippen LogP contribution < -0.4 is 20.1 Å². The third-order valence-electron chi connectivity index (χ3n) is 6.06. The second kappa shape index (κ2) is 14.2. The topological polar surface area (TPSA) is 114 Å². The highest BCUT2D eigenvalue weighted by Crippen LogP contribution is 2.42. The number of halogens is 4. The first kappa shape index (κ1) is 32.3. The molecule has 0 aromatic heterocycles. The number of carbonyl (C=O) groups is 3. The van der Waals surface area contributed by atoms with Gasteiger partial charge in [-0.1, -0.05) is 82.8 Å². The fourth-order valence-electron chi connectivity index (χ4n) is 4.03. The maximum Gasteiger partial charge on any atom is 0.338 e. The maximum atomic E-state index is 13.7. The number of carboxylic acids is 1. The molecule has 0 heterocycles. The van der Waals surface area contributed by atoms with Gasteiger partial charge < -0.3 is 25.2 Å². The van der Waals surface area contributed by atoms with Gasteiger partial charge in [0.05, 0.1) is 51.1 Å². The summed E-state index contributed by atoms with van der Waals surface area (Å²) in [5.41, 5.74) is 0.426. The fraction of sp³-hybridized carbons (Fsp3) is 0.100. The van der Waals surface area contributed by atoms with Gasteiger partial charge in [-0.3, -0.25) is 9.59 Å². The van der Waals surface area contributed by atoms with Gasteiger partial charge in [-0.25, -0.2) is 4.79 Å². The molecule has 0 aliphatic heterocycles. The molecule has 0 fully saturated rings. The number of aromatic carboxylic acids is 1. The van der Waals surface area contributed by atoms with Crippen molar-refractivity contribution in [2.24, 2.45) is 0 Å². The number of rotatable bonds is 10. The van der Waals surface area contributed by atoms with Gasteiger partial charge in [0.25, 0.3) is 5.91 Å². The van der Waals surface area contributed by atoms with Gasteiger partial charge >= 0.3 is 5.97 Å². The van der Waals surface area contributed by atoms with Crippen LogP contribution in [0.25, 0.3) is 0 Å². The number of thioether (sulfide) groups is 1. The quantitative estimate of drug-likeness (QED) is 0.0872. The van der Waals surface area contributed by atoms with Crippen LogP contribution in [0.15, 0.2) is 77.7 Å². The van der Waals surface area contributed by atoms with Crippen molar-refractivity contribution >= 4 is 87.3 Å². The Labute approximate surface area is 271 Å². The number of anilines is 2. The molecule has 0 bridgehead atoms. The molecule has 1 atom stereocenters. The standard InChI is InChI=1S/C30H22Cl4N2O6S/c1-41-17-11-12-20(42-2)19(14-17)36-29(38)27(15-7-4-3-5-8-15)43-18-10-6-9-16(13-18)35-28(37)21-22(30(39)40)24(32)26(34)25(33)23(21)31/h3-14,27H,1-2H3,(H,35,37)(H,36,38)(H,39,40). The van der Waals surface area contributed by atoms with E-state index in [9.17, 15) is 19.5 Å². The van der Waals surface area contributed by atoms with Gasteiger partial charge in [0.2, 0.25) is 5.91 Å². The Morgan fingerprint density at radius 2 is 1.44 bits per heavy atom. The molecule has 4 aromatic carbocycles. The number of nitrogens with one attached hydrogen (secondary N) is 2. The number of methoxy groups -OCH3 is 2. The van der Waals surface area contributed by atoms with Crippen molar-refractivity contribution in [3.63, 3.8) is 0 Å². The van der Waals surface area contributed by atoms with Crippen LogP contribution >= 0.6 is 58.2 Å². The zero-order chi connectivity index (χ0) is 31.3. The molecular weight excluding hydrogens is 658 g/mol. The van der Waals surface area contributed by atoms with Crippen LogP contribution in [0.3, 0.4) is 0 Å². The van der Waals surface area contributed by atoms with Gasteiger partial charge in [-0.05, 0) is 35.9 Å². The van der Waals surface area contributed by atoms with Crippen LogP contribution in [0.2, 0.25) is 20.1 Å². The van der Waals surface area contributed by atoms with Gasteiger partial charge in [-0.15, -0.1) is 11.8 Å². The van der Waals surface area contributed by atoms with Gasteiger partial charge in [-0.2, -0.15) is 0 Å². The Morgan fingerprint density at radius 3 is 2.07 bits per heavy atom. The zero-order valence-corrected chi connectivity index (χ0v) is 26.3. The average Bonchev–Trinajstić information content (AvgIpc) is 3.00. The third-order valence-corrected chi connectivity index (χ3v) is 9.11. The minimum absolute atomic E-state index is 0.253. The number of hydrogen-bond donors (Lipinski definition) is 3. The lowest BCUT2D eigenvalue weighted by Crippen LogP contribution is -2.19. The SMILES string of the molecule is COc1ccc(OC)c(NC(=O)C(Sc2cccc(NC(=O)c3c(Cl)c(Cl)c(Cl)c(Cl)c3C(=O)O)c2)c2ccccc2)c1. The molecular formula is C30H22Cl4N2O6S. The molecule has 8 nitrogen and oxygen atoms in total. The molecule has 4 rings (SSSR count). The van der Waals surface area contributed by atoms with Crippen molar-refractivity contribution in [3.8, 4) is 11.5 Å².